The number of hydrogen-bond donors (Lipinski definition) is 1. The molecule has 0 unspecified atom stereocenters. The number of unbranched alkanes of at least 4 members (excludes halogenated alkanes) is 1. The Morgan fingerprint density at radius 3 is 2.50 bits per heavy atom. The normalized spacial score (nSPS) is 11.5. The summed E-state index contributed by atoms with van der Waals surface area (Å²) in [7, 11) is -3.64. The number of benzene rings is 2. The lowest BCUT2D eigenvalue weighted by Gasteiger charge is -2.23. The molecule has 2 rings (SSSR count). The fourth-order valence-electron chi connectivity index (χ4n) is 2.72. The first-order chi connectivity index (χ1) is 14.2. The van der Waals surface area contributed by atoms with Crippen LogP contribution in [0.25, 0.3) is 0 Å². The van der Waals surface area contributed by atoms with Crippen LogP contribution >= 0.6 is 0 Å². The third kappa shape index (κ3) is 6.88. The number of ether oxygens (including phenoxy) is 1. The monoisotopic (exact) mass is 431 g/mol. The first-order valence-electron chi connectivity index (χ1n) is 9.81. The molecule has 0 aromatic heterocycles. The van der Waals surface area contributed by atoms with E-state index >= 15 is 0 Å². The summed E-state index contributed by atoms with van der Waals surface area (Å²) >= 11 is 0. The molecule has 8 heteroatoms. The molecule has 0 saturated heterocycles. The van der Waals surface area contributed by atoms with Crippen molar-refractivity contribution in [2.24, 2.45) is 5.10 Å². The SMILES string of the molecule is CCCCOc1ccc(/C=N\NC(=O)CN(c2cccc(C)c2C)S(C)(=O)=O)cc1. The standard InChI is InChI=1S/C22H29N3O4S/c1-5-6-14-29-20-12-10-19(11-13-20)15-23-24-22(26)16-25(30(4,27)28)21-9-7-8-17(2)18(21)3/h7-13,15H,5-6,14,16H2,1-4H3,(H,24,26)/b23-15-. The molecule has 0 spiro atoms. The Hall–Kier alpha value is -2.87. The average molecular weight is 432 g/mol. The number of hydrazone groups is 1. The second-order valence-electron chi connectivity index (χ2n) is 7.05. The first kappa shape index (κ1) is 23.4. The van der Waals surface area contributed by atoms with Crippen molar-refractivity contribution in [2.45, 2.75) is 33.6 Å². The van der Waals surface area contributed by atoms with E-state index in [4.69, 9.17) is 4.74 Å². The van der Waals surface area contributed by atoms with Crippen LogP contribution in [0.15, 0.2) is 47.6 Å². The lowest BCUT2D eigenvalue weighted by atomic mass is 10.1. The number of nitrogens with one attached hydrogen (secondary N) is 1. The summed E-state index contributed by atoms with van der Waals surface area (Å²) in [5.41, 5.74) is 5.41. The van der Waals surface area contributed by atoms with E-state index in [1.165, 1.54) is 6.21 Å². The van der Waals surface area contributed by atoms with Crippen molar-refractivity contribution in [3.63, 3.8) is 0 Å². The fraction of sp³-hybridized carbons (Fsp3) is 0.364. The minimum Gasteiger partial charge on any atom is -0.494 e. The van der Waals surface area contributed by atoms with Crippen LogP contribution in [0.3, 0.4) is 0 Å². The molecule has 0 bridgehead atoms. The zero-order chi connectivity index (χ0) is 22.1. The van der Waals surface area contributed by atoms with Crippen LogP contribution in [0.1, 0.15) is 36.5 Å². The van der Waals surface area contributed by atoms with Crippen LogP contribution in [0.5, 0.6) is 5.75 Å². The lowest BCUT2D eigenvalue weighted by Crippen LogP contribution is -2.39. The zero-order valence-corrected chi connectivity index (χ0v) is 18.7. The van der Waals surface area contributed by atoms with Gasteiger partial charge in [-0.25, -0.2) is 13.8 Å². The summed E-state index contributed by atoms with van der Waals surface area (Å²) in [6.07, 6.45) is 4.65. The summed E-state index contributed by atoms with van der Waals surface area (Å²) in [5.74, 6) is 0.249. The van der Waals surface area contributed by atoms with Gasteiger partial charge in [0.1, 0.15) is 12.3 Å². The molecule has 0 heterocycles. The van der Waals surface area contributed by atoms with Crippen molar-refractivity contribution in [1.29, 1.82) is 0 Å². The van der Waals surface area contributed by atoms with E-state index in [9.17, 15) is 13.2 Å². The fourth-order valence-corrected chi connectivity index (χ4v) is 3.62. The van der Waals surface area contributed by atoms with Gasteiger partial charge in [-0.3, -0.25) is 9.10 Å². The summed E-state index contributed by atoms with van der Waals surface area (Å²) < 4.78 is 31.2. The van der Waals surface area contributed by atoms with Crippen molar-refractivity contribution >= 4 is 27.8 Å². The number of carbonyl (C=O) groups excluding carboxylic acids is 1. The highest BCUT2D eigenvalue weighted by molar-refractivity contribution is 7.92. The molecule has 0 radical (unpaired) electrons. The number of sulfonamides is 1. The molecule has 0 aliphatic carbocycles. The van der Waals surface area contributed by atoms with Gasteiger partial charge in [-0.1, -0.05) is 25.5 Å². The van der Waals surface area contributed by atoms with Crippen molar-refractivity contribution in [1.82, 2.24) is 5.43 Å². The maximum absolute atomic E-state index is 12.3. The van der Waals surface area contributed by atoms with Crippen LogP contribution in [-0.2, 0) is 14.8 Å². The van der Waals surface area contributed by atoms with Gasteiger partial charge in [0.2, 0.25) is 10.0 Å². The second kappa shape index (κ2) is 10.8. The van der Waals surface area contributed by atoms with Crippen LogP contribution in [0, 0.1) is 13.8 Å². The highest BCUT2D eigenvalue weighted by Gasteiger charge is 2.22. The van der Waals surface area contributed by atoms with E-state index in [2.05, 4.69) is 17.5 Å². The van der Waals surface area contributed by atoms with Crippen molar-refractivity contribution < 1.29 is 17.9 Å². The van der Waals surface area contributed by atoms with Crippen molar-refractivity contribution in [3.05, 3.63) is 59.2 Å². The molecule has 0 atom stereocenters. The van der Waals surface area contributed by atoms with Crippen LogP contribution in [0.2, 0.25) is 0 Å². The third-order valence-electron chi connectivity index (χ3n) is 4.58. The molecule has 162 valence electrons. The molecule has 2 aromatic rings. The number of aryl methyl sites for hydroxylation is 1. The van der Waals surface area contributed by atoms with Gasteiger partial charge in [0.15, 0.2) is 0 Å². The van der Waals surface area contributed by atoms with E-state index in [0.29, 0.717) is 12.3 Å². The third-order valence-corrected chi connectivity index (χ3v) is 5.71. The summed E-state index contributed by atoms with van der Waals surface area (Å²) in [6.45, 7) is 6.15. The number of hydrogen-bond acceptors (Lipinski definition) is 5. The summed E-state index contributed by atoms with van der Waals surface area (Å²) in [6, 6.07) is 12.7. The molecule has 7 nitrogen and oxygen atoms in total. The molecule has 1 amide bonds. The summed E-state index contributed by atoms with van der Waals surface area (Å²) in [4.78, 5) is 12.3. The van der Waals surface area contributed by atoms with Gasteiger partial charge in [-0.2, -0.15) is 5.10 Å². The van der Waals surface area contributed by atoms with Gasteiger partial charge in [-0.05, 0) is 67.3 Å². The van der Waals surface area contributed by atoms with E-state index in [1.54, 1.807) is 12.1 Å². The number of carbonyl (C=O) groups is 1. The van der Waals surface area contributed by atoms with Crippen molar-refractivity contribution in [2.75, 3.05) is 23.7 Å². The zero-order valence-electron chi connectivity index (χ0n) is 17.9. The van der Waals surface area contributed by atoms with Gasteiger partial charge >= 0.3 is 0 Å². The van der Waals surface area contributed by atoms with Crippen LogP contribution in [-0.4, -0.2) is 39.9 Å². The average Bonchev–Trinajstić information content (AvgIpc) is 2.69. The smallest absolute Gasteiger partial charge is 0.260 e. The molecule has 0 aliphatic heterocycles. The Morgan fingerprint density at radius 2 is 1.87 bits per heavy atom. The minimum atomic E-state index is -3.64. The van der Waals surface area contributed by atoms with E-state index < -0.39 is 15.9 Å². The Labute approximate surface area is 178 Å². The van der Waals surface area contributed by atoms with Crippen LogP contribution in [0.4, 0.5) is 5.69 Å². The highest BCUT2D eigenvalue weighted by atomic mass is 32.2. The van der Waals surface area contributed by atoms with Crippen LogP contribution < -0.4 is 14.5 Å². The van der Waals surface area contributed by atoms with Gasteiger partial charge in [0.25, 0.3) is 5.91 Å². The topological polar surface area (TPSA) is 88.1 Å². The lowest BCUT2D eigenvalue weighted by molar-refractivity contribution is -0.119. The quantitative estimate of drug-likeness (QED) is 0.355. The number of amides is 1. The van der Waals surface area contributed by atoms with Crippen molar-refractivity contribution in [3.8, 4) is 5.75 Å². The molecule has 0 fully saturated rings. The molecule has 0 saturated carbocycles. The second-order valence-corrected chi connectivity index (χ2v) is 8.96. The largest absolute Gasteiger partial charge is 0.494 e. The molecule has 30 heavy (non-hydrogen) atoms. The van der Waals surface area contributed by atoms with E-state index in [1.807, 2.05) is 44.2 Å². The molecular weight excluding hydrogens is 402 g/mol. The minimum absolute atomic E-state index is 0.356. The molecule has 0 aliphatic rings. The molecule has 1 N–H and O–H groups in total. The number of anilines is 1. The Kier molecular flexibility index (Phi) is 8.41. The number of nitrogens with zero attached hydrogens (tertiary/aromatic N) is 2. The van der Waals surface area contributed by atoms with E-state index in [-0.39, 0.29) is 6.54 Å². The molecular formula is C22H29N3O4S. The molecule has 2 aromatic carbocycles. The first-order valence-corrected chi connectivity index (χ1v) is 11.7. The summed E-state index contributed by atoms with van der Waals surface area (Å²) in [5, 5.41) is 3.93. The maximum atomic E-state index is 12.3. The predicted molar refractivity (Wildman–Crippen MR) is 121 cm³/mol. The van der Waals surface area contributed by atoms with Gasteiger partial charge in [0, 0.05) is 0 Å². The van der Waals surface area contributed by atoms with E-state index in [0.717, 1.165) is 45.8 Å². The Morgan fingerprint density at radius 1 is 1.17 bits per heavy atom. The highest BCUT2D eigenvalue weighted by Crippen LogP contribution is 2.24. The van der Waals surface area contributed by atoms with Gasteiger partial charge in [0.05, 0.1) is 24.8 Å². The van der Waals surface area contributed by atoms with Gasteiger partial charge in [-0.15, -0.1) is 0 Å². The predicted octanol–water partition coefficient (Wildman–Crippen LogP) is 3.40. The van der Waals surface area contributed by atoms with Gasteiger partial charge < -0.3 is 4.74 Å². The Bertz CT molecular complexity index is 986. The number of rotatable bonds is 10. The maximum Gasteiger partial charge on any atom is 0.260 e. The Balaban J connectivity index is 2.00.